The highest BCUT2D eigenvalue weighted by Crippen LogP contribution is 2.24. The van der Waals surface area contributed by atoms with Crippen molar-refractivity contribution in [3.63, 3.8) is 0 Å². The Morgan fingerprint density at radius 3 is 2.46 bits per heavy atom. The van der Waals surface area contributed by atoms with Crippen LogP contribution in [-0.2, 0) is 4.79 Å². The maximum Gasteiger partial charge on any atom is 0.256 e. The van der Waals surface area contributed by atoms with Gasteiger partial charge in [-0.05, 0) is 49.2 Å². The van der Waals surface area contributed by atoms with Crippen LogP contribution in [-0.4, -0.2) is 35.6 Å². The molecule has 0 radical (unpaired) electrons. The third-order valence-electron chi connectivity index (χ3n) is 4.21. The number of hydrogen-bond acceptors (Lipinski definition) is 4. The Hall–Kier alpha value is -2.78. The molecule has 1 fully saturated rings. The van der Waals surface area contributed by atoms with E-state index in [1.54, 1.807) is 36.4 Å². The van der Waals surface area contributed by atoms with Crippen LogP contribution in [0.3, 0.4) is 0 Å². The molecule has 2 amide bonds. The number of rotatable bonds is 5. The minimum atomic E-state index is -0.230. The predicted octanol–water partition coefficient (Wildman–Crippen LogP) is 3.53. The van der Waals surface area contributed by atoms with E-state index in [1.165, 1.54) is 11.8 Å². The van der Waals surface area contributed by atoms with Crippen molar-refractivity contribution < 1.29 is 9.59 Å². The first-order chi connectivity index (χ1) is 12.7. The van der Waals surface area contributed by atoms with Gasteiger partial charge in [0.15, 0.2) is 0 Å². The molecular formula is C20H19N3O2S. The van der Waals surface area contributed by atoms with Gasteiger partial charge in [0.2, 0.25) is 5.91 Å². The van der Waals surface area contributed by atoms with Crippen LogP contribution in [0.5, 0.6) is 0 Å². The van der Waals surface area contributed by atoms with Crippen molar-refractivity contribution in [3.05, 3.63) is 59.7 Å². The maximum atomic E-state index is 12.6. The summed E-state index contributed by atoms with van der Waals surface area (Å²) in [5.74, 6) is 0.225. The van der Waals surface area contributed by atoms with Gasteiger partial charge < -0.3 is 10.2 Å². The number of anilines is 1. The summed E-state index contributed by atoms with van der Waals surface area (Å²) in [7, 11) is 0. The van der Waals surface area contributed by atoms with Crippen molar-refractivity contribution in [1.29, 1.82) is 5.26 Å². The minimum Gasteiger partial charge on any atom is -0.342 e. The van der Waals surface area contributed by atoms with Crippen molar-refractivity contribution in [3.8, 4) is 6.07 Å². The molecule has 0 atom stereocenters. The van der Waals surface area contributed by atoms with Crippen LogP contribution in [0.25, 0.3) is 0 Å². The summed E-state index contributed by atoms with van der Waals surface area (Å²) >= 11 is 1.39. The highest BCUT2D eigenvalue weighted by molar-refractivity contribution is 8.00. The summed E-state index contributed by atoms with van der Waals surface area (Å²) in [5, 5.41) is 11.7. The molecule has 0 aliphatic carbocycles. The molecule has 1 aliphatic rings. The zero-order chi connectivity index (χ0) is 18.4. The molecule has 2 aromatic rings. The molecule has 0 spiro atoms. The van der Waals surface area contributed by atoms with E-state index >= 15 is 0 Å². The second kappa shape index (κ2) is 8.54. The van der Waals surface area contributed by atoms with Crippen LogP contribution in [0.15, 0.2) is 53.4 Å². The Labute approximate surface area is 157 Å². The average molecular weight is 365 g/mol. The zero-order valence-corrected chi connectivity index (χ0v) is 15.1. The summed E-state index contributed by atoms with van der Waals surface area (Å²) in [6, 6.07) is 16.0. The van der Waals surface area contributed by atoms with Gasteiger partial charge in [0.1, 0.15) is 0 Å². The molecule has 1 saturated heterocycles. The van der Waals surface area contributed by atoms with Gasteiger partial charge in [-0.3, -0.25) is 9.59 Å². The largest absolute Gasteiger partial charge is 0.342 e. The van der Waals surface area contributed by atoms with E-state index in [9.17, 15) is 9.59 Å². The standard InChI is InChI=1S/C20H19N3O2S/c21-13-15-7-9-16(10-8-15)22-20(25)17-5-1-2-6-18(17)26-14-19(24)23-11-3-4-12-23/h1-2,5-10H,3-4,11-12,14H2,(H,22,25). The number of carbonyl (C=O) groups excluding carboxylic acids is 2. The van der Waals surface area contributed by atoms with Crippen LogP contribution >= 0.6 is 11.8 Å². The quantitative estimate of drug-likeness (QED) is 0.823. The third-order valence-corrected chi connectivity index (χ3v) is 5.27. The molecule has 132 valence electrons. The van der Waals surface area contributed by atoms with Gasteiger partial charge >= 0.3 is 0 Å². The van der Waals surface area contributed by atoms with Crippen LogP contribution in [0.4, 0.5) is 5.69 Å². The molecule has 6 heteroatoms. The summed E-state index contributed by atoms with van der Waals surface area (Å²) in [4.78, 5) is 27.5. The first-order valence-corrected chi connectivity index (χ1v) is 9.47. The Bertz CT molecular complexity index is 837. The molecule has 1 N–H and O–H groups in total. The fourth-order valence-corrected chi connectivity index (χ4v) is 3.76. The van der Waals surface area contributed by atoms with E-state index in [0.717, 1.165) is 30.8 Å². The van der Waals surface area contributed by atoms with E-state index in [2.05, 4.69) is 5.32 Å². The Morgan fingerprint density at radius 2 is 1.77 bits per heavy atom. The third kappa shape index (κ3) is 4.44. The van der Waals surface area contributed by atoms with Gasteiger partial charge in [-0.1, -0.05) is 12.1 Å². The second-order valence-electron chi connectivity index (χ2n) is 6.02. The monoisotopic (exact) mass is 365 g/mol. The molecule has 0 saturated carbocycles. The number of benzene rings is 2. The van der Waals surface area contributed by atoms with Gasteiger partial charge in [0.25, 0.3) is 5.91 Å². The highest BCUT2D eigenvalue weighted by Gasteiger charge is 2.19. The molecule has 5 nitrogen and oxygen atoms in total. The normalized spacial score (nSPS) is 13.3. The first-order valence-electron chi connectivity index (χ1n) is 8.48. The lowest BCUT2D eigenvalue weighted by Crippen LogP contribution is -2.29. The molecular weight excluding hydrogens is 346 g/mol. The number of amides is 2. The van der Waals surface area contributed by atoms with Crippen molar-refractivity contribution in [2.45, 2.75) is 17.7 Å². The number of carbonyl (C=O) groups is 2. The fraction of sp³-hybridized carbons (Fsp3) is 0.250. The Morgan fingerprint density at radius 1 is 1.08 bits per heavy atom. The second-order valence-corrected chi connectivity index (χ2v) is 7.03. The zero-order valence-electron chi connectivity index (χ0n) is 14.3. The maximum absolute atomic E-state index is 12.6. The lowest BCUT2D eigenvalue weighted by atomic mass is 10.2. The average Bonchev–Trinajstić information content (AvgIpc) is 3.22. The number of thioether (sulfide) groups is 1. The van der Waals surface area contributed by atoms with Gasteiger partial charge in [-0.25, -0.2) is 0 Å². The van der Waals surface area contributed by atoms with Crippen molar-refractivity contribution >= 4 is 29.3 Å². The number of nitrogens with one attached hydrogen (secondary N) is 1. The molecule has 26 heavy (non-hydrogen) atoms. The summed E-state index contributed by atoms with van der Waals surface area (Å²) in [6.07, 6.45) is 2.14. The summed E-state index contributed by atoms with van der Waals surface area (Å²) < 4.78 is 0. The van der Waals surface area contributed by atoms with Gasteiger partial charge in [-0.2, -0.15) is 5.26 Å². The van der Waals surface area contributed by atoms with Crippen molar-refractivity contribution in [1.82, 2.24) is 4.90 Å². The molecule has 1 aliphatic heterocycles. The van der Waals surface area contributed by atoms with Gasteiger partial charge in [-0.15, -0.1) is 11.8 Å². The number of nitriles is 1. The summed E-state index contributed by atoms with van der Waals surface area (Å²) in [6.45, 7) is 1.67. The summed E-state index contributed by atoms with van der Waals surface area (Å²) in [5.41, 5.74) is 1.71. The highest BCUT2D eigenvalue weighted by atomic mass is 32.2. The fourth-order valence-electron chi connectivity index (χ4n) is 2.80. The Kier molecular flexibility index (Phi) is 5.92. The van der Waals surface area contributed by atoms with E-state index in [0.29, 0.717) is 22.6 Å². The molecule has 3 rings (SSSR count). The van der Waals surface area contributed by atoms with E-state index < -0.39 is 0 Å². The van der Waals surface area contributed by atoms with E-state index in [4.69, 9.17) is 5.26 Å². The topological polar surface area (TPSA) is 73.2 Å². The number of nitrogens with zero attached hydrogens (tertiary/aromatic N) is 2. The molecule has 0 bridgehead atoms. The minimum absolute atomic E-state index is 0.120. The Balaban J connectivity index is 1.66. The lowest BCUT2D eigenvalue weighted by molar-refractivity contribution is -0.127. The van der Waals surface area contributed by atoms with E-state index in [1.807, 2.05) is 23.1 Å². The smallest absolute Gasteiger partial charge is 0.256 e. The van der Waals surface area contributed by atoms with Gasteiger partial charge in [0, 0.05) is 23.7 Å². The van der Waals surface area contributed by atoms with Crippen LogP contribution in [0.2, 0.25) is 0 Å². The van der Waals surface area contributed by atoms with Crippen LogP contribution in [0.1, 0.15) is 28.8 Å². The molecule has 0 unspecified atom stereocenters. The van der Waals surface area contributed by atoms with Crippen molar-refractivity contribution in [2.75, 3.05) is 24.2 Å². The van der Waals surface area contributed by atoms with Gasteiger partial charge in [0.05, 0.1) is 22.9 Å². The number of hydrogen-bond donors (Lipinski definition) is 1. The van der Waals surface area contributed by atoms with Crippen LogP contribution < -0.4 is 5.32 Å². The molecule has 0 aromatic heterocycles. The molecule has 1 heterocycles. The van der Waals surface area contributed by atoms with Crippen LogP contribution in [0, 0.1) is 11.3 Å². The molecule has 2 aromatic carbocycles. The SMILES string of the molecule is N#Cc1ccc(NC(=O)c2ccccc2SCC(=O)N2CCCC2)cc1. The first kappa shape index (κ1) is 18.0. The lowest BCUT2D eigenvalue weighted by Gasteiger charge is -2.15. The van der Waals surface area contributed by atoms with E-state index in [-0.39, 0.29) is 11.8 Å². The number of likely N-dealkylation sites (tertiary alicyclic amines) is 1. The van der Waals surface area contributed by atoms with Crippen molar-refractivity contribution in [2.24, 2.45) is 0 Å². The predicted molar refractivity (Wildman–Crippen MR) is 102 cm³/mol.